The number of carboxylic acid groups (broad SMARTS) is 1. The summed E-state index contributed by atoms with van der Waals surface area (Å²) in [5, 5.41) is 8.88. The van der Waals surface area contributed by atoms with Gasteiger partial charge < -0.3 is 10.0 Å². The summed E-state index contributed by atoms with van der Waals surface area (Å²) >= 11 is 3.23. The Morgan fingerprint density at radius 1 is 1.38 bits per heavy atom. The lowest BCUT2D eigenvalue weighted by molar-refractivity contribution is -0.142. The second-order valence-electron chi connectivity index (χ2n) is 3.80. The van der Waals surface area contributed by atoms with Gasteiger partial charge in [-0.05, 0) is 28.8 Å². The zero-order valence-corrected chi connectivity index (χ0v) is 10.2. The fourth-order valence-corrected chi connectivity index (χ4v) is 2.03. The molecular formula is C10H12BrN3O2. The summed E-state index contributed by atoms with van der Waals surface area (Å²) in [6.45, 7) is 1.46. The summed E-state index contributed by atoms with van der Waals surface area (Å²) in [6, 6.07) is 0. The molecule has 0 saturated carbocycles. The average molecular weight is 286 g/mol. The Hall–Kier alpha value is -1.17. The number of hydrogen-bond acceptors (Lipinski definition) is 4. The van der Waals surface area contributed by atoms with Gasteiger partial charge in [-0.15, -0.1) is 0 Å². The lowest BCUT2D eigenvalue weighted by Gasteiger charge is -2.30. The van der Waals surface area contributed by atoms with E-state index < -0.39 is 5.97 Å². The van der Waals surface area contributed by atoms with Crippen LogP contribution in [0.3, 0.4) is 0 Å². The van der Waals surface area contributed by atoms with Gasteiger partial charge in [0.05, 0.1) is 18.3 Å². The molecule has 0 spiro atoms. The Bertz CT molecular complexity index is 374. The van der Waals surface area contributed by atoms with Gasteiger partial charge in [-0.25, -0.2) is 9.97 Å². The Labute approximate surface area is 102 Å². The van der Waals surface area contributed by atoms with Crippen LogP contribution in [-0.2, 0) is 4.79 Å². The first-order valence-electron chi connectivity index (χ1n) is 5.12. The molecule has 1 aliphatic rings. The predicted octanol–water partition coefficient (Wildman–Crippen LogP) is 1.54. The minimum atomic E-state index is -0.693. The zero-order chi connectivity index (χ0) is 11.5. The zero-order valence-electron chi connectivity index (χ0n) is 8.64. The fraction of sp³-hybridized carbons (Fsp3) is 0.500. The van der Waals surface area contributed by atoms with Crippen molar-refractivity contribution in [3.8, 4) is 0 Å². The van der Waals surface area contributed by atoms with Crippen molar-refractivity contribution in [3.05, 3.63) is 17.0 Å². The summed E-state index contributed by atoms with van der Waals surface area (Å²) in [4.78, 5) is 21.2. The van der Waals surface area contributed by atoms with Crippen molar-refractivity contribution in [2.75, 3.05) is 18.0 Å². The van der Waals surface area contributed by atoms with Crippen LogP contribution in [-0.4, -0.2) is 34.1 Å². The van der Waals surface area contributed by atoms with E-state index in [1.165, 1.54) is 0 Å². The number of hydrogen-bond donors (Lipinski definition) is 1. The van der Waals surface area contributed by atoms with E-state index in [0.717, 1.165) is 18.9 Å². The Kier molecular flexibility index (Phi) is 3.38. The average Bonchev–Trinajstić information content (AvgIpc) is 2.30. The Balaban J connectivity index is 1.99. The predicted molar refractivity (Wildman–Crippen MR) is 62.3 cm³/mol. The van der Waals surface area contributed by atoms with Gasteiger partial charge in [-0.1, -0.05) is 0 Å². The molecule has 0 atom stereocenters. The largest absolute Gasteiger partial charge is 0.481 e. The van der Waals surface area contributed by atoms with E-state index in [-0.39, 0.29) is 5.92 Å². The van der Waals surface area contributed by atoms with Crippen molar-refractivity contribution in [3.63, 3.8) is 0 Å². The number of carboxylic acids is 1. The molecule has 5 nitrogen and oxygen atoms in total. The maximum atomic E-state index is 10.8. The van der Waals surface area contributed by atoms with Crippen molar-refractivity contribution < 1.29 is 9.90 Å². The van der Waals surface area contributed by atoms with E-state index in [2.05, 4.69) is 30.8 Å². The first kappa shape index (κ1) is 11.3. The third-order valence-electron chi connectivity index (χ3n) is 2.77. The quantitative estimate of drug-likeness (QED) is 0.893. The van der Waals surface area contributed by atoms with Gasteiger partial charge in [0.25, 0.3) is 0 Å². The van der Waals surface area contributed by atoms with Crippen LogP contribution >= 0.6 is 15.9 Å². The molecular weight excluding hydrogens is 274 g/mol. The van der Waals surface area contributed by atoms with Crippen LogP contribution in [0.1, 0.15) is 12.8 Å². The molecule has 0 amide bonds. The number of rotatable bonds is 2. The molecule has 86 valence electrons. The third kappa shape index (κ3) is 2.49. The molecule has 2 heterocycles. The summed E-state index contributed by atoms with van der Waals surface area (Å²) in [7, 11) is 0. The smallest absolute Gasteiger partial charge is 0.306 e. The van der Waals surface area contributed by atoms with Gasteiger partial charge in [-0.3, -0.25) is 4.79 Å². The highest BCUT2D eigenvalue weighted by Gasteiger charge is 2.24. The van der Waals surface area contributed by atoms with Crippen LogP contribution < -0.4 is 4.90 Å². The highest BCUT2D eigenvalue weighted by atomic mass is 79.9. The fourth-order valence-electron chi connectivity index (χ4n) is 1.82. The van der Waals surface area contributed by atoms with E-state index >= 15 is 0 Å². The van der Waals surface area contributed by atoms with Crippen molar-refractivity contribution in [2.24, 2.45) is 5.92 Å². The monoisotopic (exact) mass is 285 g/mol. The number of nitrogens with zero attached hydrogens (tertiary/aromatic N) is 3. The number of aromatic nitrogens is 2. The van der Waals surface area contributed by atoms with Gasteiger partial charge in [0.2, 0.25) is 0 Å². The standard InChI is InChI=1S/C10H12BrN3O2/c11-8-5-13-9(6-12-8)14-3-1-7(2-4-14)10(15)16/h5-7H,1-4H2,(H,15,16). The van der Waals surface area contributed by atoms with Crippen molar-refractivity contribution in [2.45, 2.75) is 12.8 Å². The molecule has 0 radical (unpaired) electrons. The number of halogens is 1. The molecule has 0 bridgehead atoms. The molecule has 1 fully saturated rings. The van der Waals surface area contributed by atoms with Crippen molar-refractivity contribution in [1.82, 2.24) is 9.97 Å². The minimum absolute atomic E-state index is 0.209. The molecule has 1 aromatic heterocycles. The first-order chi connectivity index (χ1) is 7.66. The topological polar surface area (TPSA) is 66.3 Å². The number of carbonyl (C=O) groups is 1. The van der Waals surface area contributed by atoms with E-state index in [9.17, 15) is 4.79 Å². The molecule has 1 aliphatic heterocycles. The molecule has 16 heavy (non-hydrogen) atoms. The molecule has 1 N–H and O–H groups in total. The first-order valence-corrected chi connectivity index (χ1v) is 5.91. The maximum Gasteiger partial charge on any atom is 0.306 e. The Morgan fingerprint density at radius 3 is 2.56 bits per heavy atom. The van der Waals surface area contributed by atoms with E-state index in [4.69, 9.17) is 5.11 Å². The van der Waals surface area contributed by atoms with Crippen LogP contribution in [0.2, 0.25) is 0 Å². The van der Waals surface area contributed by atoms with Crippen LogP contribution in [0.25, 0.3) is 0 Å². The van der Waals surface area contributed by atoms with Crippen molar-refractivity contribution in [1.29, 1.82) is 0 Å². The van der Waals surface area contributed by atoms with E-state index in [0.29, 0.717) is 17.4 Å². The Morgan fingerprint density at radius 2 is 2.06 bits per heavy atom. The van der Waals surface area contributed by atoms with Crippen LogP contribution in [0.15, 0.2) is 17.0 Å². The number of anilines is 1. The summed E-state index contributed by atoms with van der Waals surface area (Å²) in [5.74, 6) is -0.0896. The van der Waals surface area contributed by atoms with Gasteiger partial charge in [-0.2, -0.15) is 0 Å². The minimum Gasteiger partial charge on any atom is -0.481 e. The van der Waals surface area contributed by atoms with Gasteiger partial charge in [0.15, 0.2) is 0 Å². The second-order valence-corrected chi connectivity index (χ2v) is 4.61. The van der Waals surface area contributed by atoms with Gasteiger partial charge in [0.1, 0.15) is 10.4 Å². The maximum absolute atomic E-state index is 10.8. The summed E-state index contributed by atoms with van der Waals surface area (Å²) in [6.07, 6.45) is 4.70. The normalized spacial score (nSPS) is 17.4. The van der Waals surface area contributed by atoms with Gasteiger partial charge >= 0.3 is 5.97 Å². The lowest BCUT2D eigenvalue weighted by Crippen LogP contribution is -2.36. The van der Waals surface area contributed by atoms with Crippen LogP contribution in [0.4, 0.5) is 5.82 Å². The molecule has 1 saturated heterocycles. The SMILES string of the molecule is O=C(O)C1CCN(c2cnc(Br)cn2)CC1. The highest BCUT2D eigenvalue weighted by Crippen LogP contribution is 2.21. The third-order valence-corrected chi connectivity index (χ3v) is 3.18. The van der Waals surface area contributed by atoms with E-state index in [1.807, 2.05) is 0 Å². The number of piperidine rings is 1. The van der Waals surface area contributed by atoms with Crippen LogP contribution in [0, 0.1) is 5.92 Å². The highest BCUT2D eigenvalue weighted by molar-refractivity contribution is 9.10. The van der Waals surface area contributed by atoms with E-state index in [1.54, 1.807) is 12.4 Å². The summed E-state index contributed by atoms with van der Waals surface area (Å²) in [5.41, 5.74) is 0. The lowest BCUT2D eigenvalue weighted by atomic mass is 9.97. The molecule has 0 aromatic carbocycles. The number of aliphatic carboxylic acids is 1. The molecule has 2 rings (SSSR count). The van der Waals surface area contributed by atoms with Crippen LogP contribution in [0.5, 0.6) is 0 Å². The molecule has 1 aromatic rings. The molecule has 0 unspecified atom stereocenters. The second kappa shape index (κ2) is 4.78. The van der Waals surface area contributed by atoms with Gasteiger partial charge in [0, 0.05) is 13.1 Å². The molecule has 6 heteroatoms. The summed E-state index contributed by atoms with van der Waals surface area (Å²) < 4.78 is 0.705. The molecule has 0 aliphatic carbocycles. The van der Waals surface area contributed by atoms with Crippen molar-refractivity contribution >= 4 is 27.7 Å².